The minimum atomic E-state index is -1.62. The molecule has 11 heteroatoms. The average Bonchev–Trinajstić information content (AvgIpc) is 2.50. The van der Waals surface area contributed by atoms with Crippen LogP contribution in [0, 0.1) is 0 Å². The van der Waals surface area contributed by atoms with Crippen molar-refractivity contribution >= 4 is 11.9 Å². The summed E-state index contributed by atoms with van der Waals surface area (Å²) >= 11 is 0. The molecule has 11 nitrogen and oxygen atoms in total. The van der Waals surface area contributed by atoms with Gasteiger partial charge >= 0.3 is 5.97 Å². The Morgan fingerprint density at radius 1 is 0.471 bits per heavy atom. The number of carbonyl (C=O) groups excluding carboxylic acids is 2. The Kier molecular flexibility index (Phi) is 57.0. The fraction of sp³-hybridized carbons (Fsp3) is 0.757. The zero-order chi connectivity index (χ0) is 61.7. The second kappa shape index (κ2) is 60.8. The standard InChI is InChI=1S/C74H129NO10/c1-4-7-10-13-16-19-22-25-27-29-30-31-32-33-34-35-36-37-38-39-41-44-47-50-53-56-59-62-69(79)85-72-71(81)70(80)68(63-76)84-74(72)83-64-65(66(77)60-57-54-51-48-45-42-24-21-18-15-12-9-6-3)75-73(82)67(78)61-58-55-52-49-46-43-40-28-26-23-20-17-14-11-8-5-2/h7,10,16,19,25-28,30-31,33-34,36-37,57,60,65-68,70-72,74,76-78,80-81H,4-6,8-9,11-15,17-18,20-24,29,32,35,38-56,58-59,61-64H2,1-3H3,(H,75,82)/b10-7-,19-16-,27-25-,28-26+,31-30-,34-33-,37-36-,60-57+. The number of esters is 1. The maximum Gasteiger partial charge on any atom is 0.306 e. The number of rotatable bonds is 59. The minimum Gasteiger partial charge on any atom is -0.454 e. The highest BCUT2D eigenvalue weighted by Gasteiger charge is 2.47. The quantitative estimate of drug-likeness (QED) is 0.0195. The number of carbonyl (C=O) groups is 2. The van der Waals surface area contributed by atoms with Gasteiger partial charge in [-0.05, 0) is 103 Å². The molecule has 1 fully saturated rings. The van der Waals surface area contributed by atoms with Gasteiger partial charge in [0.1, 0.15) is 24.4 Å². The normalized spacial score (nSPS) is 19.0. The van der Waals surface area contributed by atoms with Crippen molar-refractivity contribution in [2.75, 3.05) is 13.2 Å². The zero-order valence-corrected chi connectivity index (χ0v) is 54.5. The summed E-state index contributed by atoms with van der Waals surface area (Å²) in [7, 11) is 0. The molecule has 0 aliphatic carbocycles. The smallest absolute Gasteiger partial charge is 0.306 e. The molecule has 0 saturated carbocycles. The van der Waals surface area contributed by atoms with E-state index < -0.39 is 67.4 Å². The first-order valence-electron chi connectivity index (χ1n) is 35.0. The van der Waals surface area contributed by atoms with Crippen LogP contribution in [0.25, 0.3) is 0 Å². The van der Waals surface area contributed by atoms with Crippen molar-refractivity contribution in [3.8, 4) is 0 Å². The lowest BCUT2D eigenvalue weighted by Gasteiger charge is -2.41. The molecule has 1 rings (SSSR count). The SMILES string of the molecule is CC/C=C\C/C=C\C/C=C\C/C=C\C/C=C\C/C=C\CCCCCCCCCCC(=O)OC1C(OCC(NC(=O)C(O)CCCCCCCC/C=C/CCCCCCCC)C(O)/C=C/CCCCCCCCCCCCC)OC(CO)C(O)C1O. The Morgan fingerprint density at radius 3 is 1.28 bits per heavy atom. The number of amides is 1. The number of unbranched alkanes of at least 4 members (excludes halogenated alkanes) is 31. The third kappa shape index (κ3) is 48.2. The van der Waals surface area contributed by atoms with Crippen LogP contribution in [-0.2, 0) is 23.8 Å². The topological polar surface area (TPSA) is 175 Å². The molecule has 85 heavy (non-hydrogen) atoms. The van der Waals surface area contributed by atoms with Gasteiger partial charge in [0.25, 0.3) is 0 Å². The molecule has 0 aromatic heterocycles. The van der Waals surface area contributed by atoms with Gasteiger partial charge in [0, 0.05) is 6.42 Å². The van der Waals surface area contributed by atoms with Gasteiger partial charge in [-0.2, -0.15) is 0 Å². The molecule has 8 unspecified atom stereocenters. The third-order valence-corrected chi connectivity index (χ3v) is 16.0. The van der Waals surface area contributed by atoms with Crippen LogP contribution in [0.3, 0.4) is 0 Å². The predicted molar refractivity (Wildman–Crippen MR) is 356 cm³/mol. The van der Waals surface area contributed by atoms with Gasteiger partial charge < -0.3 is 45.1 Å². The van der Waals surface area contributed by atoms with Gasteiger partial charge in [-0.25, -0.2) is 0 Å². The van der Waals surface area contributed by atoms with Crippen LogP contribution >= 0.6 is 0 Å². The van der Waals surface area contributed by atoms with Crippen LogP contribution in [0.15, 0.2) is 97.2 Å². The van der Waals surface area contributed by atoms with Crippen molar-refractivity contribution < 1.29 is 49.3 Å². The van der Waals surface area contributed by atoms with E-state index in [2.05, 4.69) is 111 Å². The number of ether oxygens (including phenoxy) is 3. The van der Waals surface area contributed by atoms with E-state index in [0.717, 1.165) is 122 Å². The first-order chi connectivity index (χ1) is 41.7. The van der Waals surface area contributed by atoms with Gasteiger partial charge in [-0.1, -0.05) is 285 Å². The van der Waals surface area contributed by atoms with Crippen LogP contribution in [0.5, 0.6) is 0 Å². The Hall–Kier alpha value is -3.42. The molecule has 0 radical (unpaired) electrons. The van der Waals surface area contributed by atoms with Gasteiger partial charge in [-0.15, -0.1) is 0 Å². The number of aliphatic hydroxyl groups is 5. The Bertz CT molecular complexity index is 1750. The van der Waals surface area contributed by atoms with Crippen molar-refractivity contribution in [2.24, 2.45) is 0 Å². The number of nitrogens with one attached hydrogen (secondary N) is 1. The van der Waals surface area contributed by atoms with E-state index in [9.17, 15) is 35.1 Å². The number of hydrogen-bond acceptors (Lipinski definition) is 10. The maximum absolute atomic E-state index is 13.5. The van der Waals surface area contributed by atoms with Crippen molar-refractivity contribution in [1.82, 2.24) is 5.32 Å². The molecule has 1 amide bonds. The lowest BCUT2D eigenvalue weighted by molar-refractivity contribution is -0.305. The fourth-order valence-corrected chi connectivity index (χ4v) is 10.5. The monoisotopic (exact) mass is 1190 g/mol. The lowest BCUT2D eigenvalue weighted by atomic mass is 9.99. The predicted octanol–water partition coefficient (Wildman–Crippen LogP) is 17.8. The molecule has 0 bridgehead atoms. The highest BCUT2D eigenvalue weighted by atomic mass is 16.7. The Labute approximate surface area is 520 Å². The van der Waals surface area contributed by atoms with Crippen molar-refractivity contribution in [3.63, 3.8) is 0 Å². The molecule has 490 valence electrons. The Morgan fingerprint density at radius 2 is 0.847 bits per heavy atom. The maximum atomic E-state index is 13.5. The molecule has 0 aromatic carbocycles. The second-order valence-corrected chi connectivity index (χ2v) is 23.9. The first kappa shape index (κ1) is 79.6. The van der Waals surface area contributed by atoms with E-state index >= 15 is 0 Å². The molecule has 1 aliphatic heterocycles. The molecule has 6 N–H and O–H groups in total. The van der Waals surface area contributed by atoms with Crippen LogP contribution in [0.1, 0.15) is 297 Å². The number of allylic oxidation sites excluding steroid dienone is 15. The summed E-state index contributed by atoms with van der Waals surface area (Å²) in [5, 5.41) is 57.2. The number of aliphatic hydroxyl groups excluding tert-OH is 5. The van der Waals surface area contributed by atoms with E-state index in [0.29, 0.717) is 12.8 Å². The molecule has 1 aliphatic rings. The lowest BCUT2D eigenvalue weighted by Crippen LogP contribution is -2.61. The summed E-state index contributed by atoms with van der Waals surface area (Å²) in [6, 6.07) is -1.03. The molecule has 1 saturated heterocycles. The molecular formula is C74H129NO10. The summed E-state index contributed by atoms with van der Waals surface area (Å²) in [5.41, 5.74) is 0. The van der Waals surface area contributed by atoms with Crippen molar-refractivity contribution in [3.05, 3.63) is 97.2 Å². The first-order valence-corrected chi connectivity index (χ1v) is 35.0. The van der Waals surface area contributed by atoms with Gasteiger partial charge in [0.2, 0.25) is 5.91 Å². The zero-order valence-electron chi connectivity index (χ0n) is 54.5. The van der Waals surface area contributed by atoms with Gasteiger partial charge in [-0.3, -0.25) is 9.59 Å². The third-order valence-electron chi connectivity index (χ3n) is 16.0. The highest BCUT2D eigenvalue weighted by Crippen LogP contribution is 2.26. The summed E-state index contributed by atoms with van der Waals surface area (Å²) in [6.45, 7) is 5.69. The van der Waals surface area contributed by atoms with Crippen LogP contribution in [-0.4, -0.2) is 99.6 Å². The van der Waals surface area contributed by atoms with Crippen LogP contribution in [0.2, 0.25) is 0 Å². The van der Waals surface area contributed by atoms with E-state index in [1.54, 1.807) is 6.08 Å². The van der Waals surface area contributed by atoms with E-state index in [1.165, 1.54) is 128 Å². The van der Waals surface area contributed by atoms with Gasteiger partial charge in [0.05, 0.1) is 25.4 Å². The fourth-order valence-electron chi connectivity index (χ4n) is 10.5. The molecule has 1 heterocycles. The number of hydrogen-bond donors (Lipinski definition) is 6. The van der Waals surface area contributed by atoms with Crippen LogP contribution < -0.4 is 5.32 Å². The largest absolute Gasteiger partial charge is 0.454 e. The van der Waals surface area contributed by atoms with Crippen molar-refractivity contribution in [1.29, 1.82) is 0 Å². The summed E-state index contributed by atoms with van der Waals surface area (Å²) in [5.74, 6) is -1.21. The average molecular weight is 1190 g/mol. The van der Waals surface area contributed by atoms with E-state index in [4.69, 9.17) is 14.2 Å². The summed E-state index contributed by atoms with van der Waals surface area (Å²) < 4.78 is 17.7. The second-order valence-electron chi connectivity index (χ2n) is 23.9. The highest BCUT2D eigenvalue weighted by molar-refractivity contribution is 5.80. The van der Waals surface area contributed by atoms with Gasteiger partial charge in [0.15, 0.2) is 12.4 Å². The molecule has 0 aromatic rings. The molecule has 8 atom stereocenters. The van der Waals surface area contributed by atoms with E-state index in [-0.39, 0.29) is 19.4 Å². The molecular weight excluding hydrogens is 1060 g/mol. The van der Waals surface area contributed by atoms with Crippen LogP contribution in [0.4, 0.5) is 0 Å². The molecule has 0 spiro atoms. The minimum absolute atomic E-state index is 0.109. The van der Waals surface area contributed by atoms with Crippen molar-refractivity contribution in [2.45, 2.75) is 346 Å². The summed E-state index contributed by atoms with van der Waals surface area (Å²) in [4.78, 5) is 26.7. The van der Waals surface area contributed by atoms with E-state index in [1.807, 2.05) is 6.08 Å². The summed E-state index contributed by atoms with van der Waals surface area (Å²) in [6.07, 6.45) is 71.5. The Balaban J connectivity index is 2.59.